The number of piperidine rings is 1. The van der Waals surface area contributed by atoms with Crippen LogP contribution in [-0.2, 0) is 9.53 Å². The number of urea groups is 1. The Bertz CT molecular complexity index is 506. The number of imide groups is 1. The van der Waals surface area contributed by atoms with Crippen molar-refractivity contribution in [3.63, 3.8) is 0 Å². The molecule has 9 nitrogen and oxygen atoms in total. The Morgan fingerprint density at radius 1 is 1.33 bits per heavy atom. The number of carbonyl (C=O) groups is 3. The zero-order valence-corrected chi connectivity index (χ0v) is 17.6. The maximum Gasteiger partial charge on any atom is 1.00 e. The van der Waals surface area contributed by atoms with Gasteiger partial charge >= 0.3 is 63.5 Å². The van der Waals surface area contributed by atoms with Crippen molar-refractivity contribution in [1.29, 1.82) is 5.26 Å². The first-order valence-corrected chi connectivity index (χ1v) is 7.27. The smallest absolute Gasteiger partial charge is 0.812 e. The fraction of sp³-hybridized carbons (Fsp3) is 0.714. The molecule has 0 saturated carbocycles. The molecule has 2 aliphatic heterocycles. The van der Waals surface area contributed by atoms with Gasteiger partial charge in [0.05, 0.1) is 0 Å². The van der Waals surface area contributed by atoms with Crippen molar-refractivity contribution in [3.05, 3.63) is 0 Å². The number of nitrogens with zero attached hydrogens (tertiary/aromatic N) is 3. The number of ether oxygens (including phenoxy) is 1. The second kappa shape index (κ2) is 10.2. The number of amides is 4. The van der Waals surface area contributed by atoms with E-state index in [4.69, 9.17) is 15.1 Å². The molecule has 0 unspecified atom stereocenters. The van der Waals surface area contributed by atoms with Crippen molar-refractivity contribution < 1.29 is 75.6 Å². The molecule has 1 N–H and O–H groups in total. The zero-order valence-electron chi connectivity index (χ0n) is 14.5. The minimum atomic E-state index is -0.505. The van der Waals surface area contributed by atoms with Crippen molar-refractivity contribution in [3.8, 4) is 6.26 Å². The van der Waals surface area contributed by atoms with Gasteiger partial charge in [-0.05, 0) is 33.6 Å². The van der Waals surface area contributed by atoms with E-state index in [1.54, 1.807) is 9.80 Å². The summed E-state index contributed by atoms with van der Waals surface area (Å²) in [4.78, 5) is 37.9. The first-order valence-electron chi connectivity index (χ1n) is 7.27. The van der Waals surface area contributed by atoms with Crippen LogP contribution in [0.5, 0.6) is 0 Å². The monoisotopic (exact) mass is 364 g/mol. The molecule has 2 rings (SSSR count). The summed E-state index contributed by atoms with van der Waals surface area (Å²) < 4.78 is 5.32. The Balaban J connectivity index is 0.00000123. The topological polar surface area (TPSA) is 126 Å². The summed E-state index contributed by atoms with van der Waals surface area (Å²) in [7, 11) is 0. The predicted octanol–water partition coefficient (Wildman–Crippen LogP) is -3.23. The average Bonchev–Trinajstić information content (AvgIpc) is 2.77. The van der Waals surface area contributed by atoms with Gasteiger partial charge < -0.3 is 19.6 Å². The van der Waals surface area contributed by atoms with E-state index in [-0.39, 0.29) is 82.0 Å². The third-order valence-electron chi connectivity index (χ3n) is 3.38. The number of nitriles is 1. The molecule has 24 heavy (non-hydrogen) atoms. The molecule has 2 saturated heterocycles. The number of nitrogens with one attached hydrogen (secondary N) is 1. The Hall–Kier alpha value is -0.864. The Labute approximate surface area is 183 Å². The number of carbonyl (C=O) groups excluding carboxylic acids is 3. The summed E-state index contributed by atoms with van der Waals surface area (Å²) in [5.74, 6) is -0.260. The van der Waals surface area contributed by atoms with Gasteiger partial charge in [0.2, 0.25) is 5.91 Å². The van der Waals surface area contributed by atoms with E-state index < -0.39 is 5.60 Å². The molecule has 0 aliphatic carbocycles. The summed E-state index contributed by atoms with van der Waals surface area (Å²) in [6, 6.07) is -0.314. The molecule has 0 aromatic heterocycles. The minimum Gasteiger partial charge on any atom is -0.812 e. The Morgan fingerprint density at radius 3 is 2.21 bits per heavy atom. The zero-order chi connectivity index (χ0) is 17.6. The molecule has 2 heterocycles. The van der Waals surface area contributed by atoms with Crippen LogP contribution >= 0.6 is 0 Å². The van der Waals surface area contributed by atoms with Crippen LogP contribution in [0.3, 0.4) is 0 Å². The van der Waals surface area contributed by atoms with Gasteiger partial charge in [-0.2, -0.15) is 0 Å². The van der Waals surface area contributed by atoms with E-state index in [0.717, 1.165) is 0 Å². The minimum absolute atomic E-state index is 0. The first-order chi connectivity index (χ1) is 10.7. The van der Waals surface area contributed by atoms with Crippen LogP contribution in [0.4, 0.5) is 9.59 Å². The second-order valence-corrected chi connectivity index (χ2v) is 6.27. The van der Waals surface area contributed by atoms with Crippen LogP contribution < -0.4 is 61.8 Å². The van der Waals surface area contributed by atoms with Gasteiger partial charge in [-0.25, -0.2) is 14.9 Å². The summed E-state index contributed by atoms with van der Waals surface area (Å²) in [5.41, 5.74) is -0.505. The summed E-state index contributed by atoms with van der Waals surface area (Å²) in [5, 5.41) is 17.3. The summed E-state index contributed by atoms with van der Waals surface area (Å²) >= 11 is 0. The van der Waals surface area contributed by atoms with E-state index in [1.807, 2.05) is 20.8 Å². The standard InChI is InChI=1S/C13H21N3O4.CHNO.K/c1-13(2,3)20-12(19)15-6-4-9(5-7-15)16-8-10(17)14-11(16)18;2-1-3;/h9H,4-8H2,1-3H3,(H,14,17,18);3H;/q;;+1/p-1. The molecule has 0 aromatic rings. The third kappa shape index (κ3) is 7.35. The molecular formula is C14H21KN4O5. The van der Waals surface area contributed by atoms with Gasteiger partial charge in [-0.15, -0.1) is 0 Å². The first kappa shape index (κ1) is 23.1. The molecule has 0 radical (unpaired) electrons. The molecule has 2 aliphatic rings. The molecule has 0 atom stereocenters. The van der Waals surface area contributed by atoms with Crippen LogP contribution in [0.1, 0.15) is 33.6 Å². The maximum atomic E-state index is 11.9. The van der Waals surface area contributed by atoms with Crippen molar-refractivity contribution in [2.24, 2.45) is 0 Å². The van der Waals surface area contributed by atoms with Gasteiger partial charge in [-0.1, -0.05) is 0 Å². The summed E-state index contributed by atoms with van der Waals surface area (Å²) in [6.07, 6.45) is 1.51. The molecule has 0 aromatic carbocycles. The van der Waals surface area contributed by atoms with Crippen molar-refractivity contribution in [1.82, 2.24) is 15.1 Å². The number of hydrogen-bond donors (Lipinski definition) is 1. The predicted molar refractivity (Wildman–Crippen MR) is 76.7 cm³/mol. The van der Waals surface area contributed by atoms with E-state index in [1.165, 1.54) is 0 Å². The van der Waals surface area contributed by atoms with Crippen molar-refractivity contribution >= 4 is 18.0 Å². The number of likely N-dealkylation sites (tertiary alicyclic amines) is 1. The van der Waals surface area contributed by atoms with Gasteiger partial charge in [-0.3, -0.25) is 10.1 Å². The van der Waals surface area contributed by atoms with Crippen LogP contribution in [0, 0.1) is 11.5 Å². The van der Waals surface area contributed by atoms with E-state index in [2.05, 4.69) is 5.32 Å². The van der Waals surface area contributed by atoms with Crippen molar-refractivity contribution in [2.45, 2.75) is 45.3 Å². The van der Waals surface area contributed by atoms with Gasteiger partial charge in [0.1, 0.15) is 12.1 Å². The fourth-order valence-corrected chi connectivity index (χ4v) is 2.44. The Morgan fingerprint density at radius 2 is 1.83 bits per heavy atom. The average molecular weight is 364 g/mol. The normalized spacial score (nSPS) is 17.9. The number of rotatable bonds is 1. The molecule has 4 amide bonds. The maximum absolute atomic E-state index is 11.9. The SMILES string of the molecule is CC(C)(C)OC(=O)N1CCC(N2CC(=O)NC2=O)CC1.N#C[O-].[K+]. The Kier molecular flexibility index (Phi) is 9.83. The van der Waals surface area contributed by atoms with Crippen LogP contribution in [0.15, 0.2) is 0 Å². The largest absolute Gasteiger partial charge is 1.00 e. The molecular weight excluding hydrogens is 343 g/mol. The van der Waals surface area contributed by atoms with Gasteiger partial charge in [0.25, 0.3) is 0 Å². The molecule has 10 heteroatoms. The molecule has 0 bridgehead atoms. The second-order valence-electron chi connectivity index (χ2n) is 6.27. The van der Waals surface area contributed by atoms with Crippen LogP contribution in [0.2, 0.25) is 0 Å². The van der Waals surface area contributed by atoms with E-state index in [0.29, 0.717) is 32.2 Å². The van der Waals surface area contributed by atoms with E-state index >= 15 is 0 Å². The quantitative estimate of drug-likeness (QED) is 0.296. The van der Waals surface area contributed by atoms with Crippen molar-refractivity contribution in [2.75, 3.05) is 19.6 Å². The molecule has 2 fully saturated rings. The van der Waals surface area contributed by atoms with Gasteiger partial charge in [0.15, 0.2) is 0 Å². The molecule has 0 spiro atoms. The van der Waals surface area contributed by atoms with Crippen LogP contribution in [-0.4, -0.2) is 59.1 Å². The van der Waals surface area contributed by atoms with Gasteiger partial charge in [0, 0.05) is 25.4 Å². The summed E-state index contributed by atoms with van der Waals surface area (Å²) in [6.45, 7) is 6.69. The molecule has 128 valence electrons. The third-order valence-corrected chi connectivity index (χ3v) is 3.38. The number of hydrogen-bond acceptors (Lipinski definition) is 6. The van der Waals surface area contributed by atoms with E-state index in [9.17, 15) is 14.4 Å². The van der Waals surface area contributed by atoms with Crippen LogP contribution in [0.25, 0.3) is 0 Å². The fourth-order valence-electron chi connectivity index (χ4n) is 2.44.